The minimum absolute atomic E-state index is 0.00819. The standard InChI is InChI=1S/C19H24N2O4/c1-14(2)12-18(23)20-8-5-9-21(11-10-20)19(24)16-6-4-7-17(13-16)25-15(3)22/h4,6-7,12-13H,5,8-11H2,1-3H3. The number of carbonyl (C=O) groups excluding carboxylic acids is 3. The molecule has 0 aliphatic carbocycles. The highest BCUT2D eigenvalue weighted by Crippen LogP contribution is 2.16. The molecule has 0 spiro atoms. The van der Waals surface area contributed by atoms with Crippen molar-refractivity contribution in [1.82, 2.24) is 9.80 Å². The molecular formula is C19H24N2O4. The van der Waals surface area contributed by atoms with Crippen molar-refractivity contribution < 1.29 is 19.1 Å². The van der Waals surface area contributed by atoms with E-state index in [0.717, 1.165) is 12.0 Å². The monoisotopic (exact) mass is 344 g/mol. The summed E-state index contributed by atoms with van der Waals surface area (Å²) in [6.45, 7) is 7.33. The number of esters is 1. The topological polar surface area (TPSA) is 66.9 Å². The van der Waals surface area contributed by atoms with Crippen LogP contribution in [0.25, 0.3) is 0 Å². The Hall–Kier alpha value is -2.63. The van der Waals surface area contributed by atoms with Crippen LogP contribution in [-0.4, -0.2) is 53.8 Å². The zero-order chi connectivity index (χ0) is 18.4. The molecule has 1 aromatic carbocycles. The Balaban J connectivity index is 2.04. The predicted octanol–water partition coefficient (Wildman–Crippen LogP) is 2.25. The first-order valence-electron chi connectivity index (χ1n) is 8.38. The summed E-state index contributed by atoms with van der Waals surface area (Å²) in [7, 11) is 0. The predicted molar refractivity (Wildman–Crippen MR) is 94.3 cm³/mol. The molecule has 0 aromatic heterocycles. The van der Waals surface area contributed by atoms with Crippen LogP contribution in [0.5, 0.6) is 5.75 Å². The van der Waals surface area contributed by atoms with Gasteiger partial charge in [-0.05, 0) is 38.5 Å². The molecule has 0 unspecified atom stereocenters. The van der Waals surface area contributed by atoms with Crippen molar-refractivity contribution in [2.24, 2.45) is 0 Å². The number of allylic oxidation sites excluding steroid dienone is 1. The van der Waals surface area contributed by atoms with Crippen LogP contribution in [0.2, 0.25) is 0 Å². The second-order valence-electron chi connectivity index (χ2n) is 6.31. The molecule has 1 aliphatic heterocycles. The fourth-order valence-electron chi connectivity index (χ4n) is 2.72. The highest BCUT2D eigenvalue weighted by atomic mass is 16.5. The molecule has 2 amide bonds. The summed E-state index contributed by atoms with van der Waals surface area (Å²) in [6, 6.07) is 6.60. The molecule has 1 aromatic rings. The minimum Gasteiger partial charge on any atom is -0.427 e. The lowest BCUT2D eigenvalue weighted by molar-refractivity contribution is -0.132. The van der Waals surface area contributed by atoms with Crippen molar-refractivity contribution in [3.05, 3.63) is 41.5 Å². The molecular weight excluding hydrogens is 320 g/mol. The van der Waals surface area contributed by atoms with Crippen molar-refractivity contribution in [3.8, 4) is 5.75 Å². The molecule has 0 radical (unpaired) electrons. The van der Waals surface area contributed by atoms with Gasteiger partial charge in [-0.1, -0.05) is 11.6 Å². The maximum absolute atomic E-state index is 12.7. The van der Waals surface area contributed by atoms with Crippen LogP contribution in [0.15, 0.2) is 35.9 Å². The van der Waals surface area contributed by atoms with E-state index in [1.165, 1.54) is 6.92 Å². The number of amides is 2. The number of nitrogens with zero attached hydrogens (tertiary/aromatic N) is 2. The number of hydrogen-bond donors (Lipinski definition) is 0. The van der Waals surface area contributed by atoms with Gasteiger partial charge in [0.25, 0.3) is 5.91 Å². The summed E-state index contributed by atoms with van der Waals surface area (Å²) in [5.41, 5.74) is 1.44. The number of carbonyl (C=O) groups is 3. The molecule has 0 bridgehead atoms. The van der Waals surface area contributed by atoms with Gasteiger partial charge in [0, 0.05) is 44.7 Å². The second-order valence-corrected chi connectivity index (χ2v) is 6.31. The van der Waals surface area contributed by atoms with E-state index in [1.54, 1.807) is 40.1 Å². The van der Waals surface area contributed by atoms with Crippen LogP contribution in [0.3, 0.4) is 0 Å². The molecule has 0 N–H and O–H groups in total. The zero-order valence-electron chi connectivity index (χ0n) is 14.9. The van der Waals surface area contributed by atoms with E-state index in [2.05, 4.69) is 0 Å². The Morgan fingerprint density at radius 2 is 1.68 bits per heavy atom. The molecule has 6 heteroatoms. The Morgan fingerprint density at radius 1 is 1.00 bits per heavy atom. The summed E-state index contributed by atoms with van der Waals surface area (Å²) < 4.78 is 5.03. The molecule has 1 fully saturated rings. The molecule has 25 heavy (non-hydrogen) atoms. The number of ether oxygens (including phenoxy) is 1. The number of hydrogen-bond acceptors (Lipinski definition) is 4. The van der Waals surface area contributed by atoms with Crippen LogP contribution in [0, 0.1) is 0 Å². The van der Waals surface area contributed by atoms with Gasteiger partial charge in [-0.25, -0.2) is 0 Å². The molecule has 134 valence electrons. The fraction of sp³-hybridized carbons (Fsp3) is 0.421. The molecule has 6 nitrogen and oxygen atoms in total. The third-order valence-corrected chi connectivity index (χ3v) is 3.85. The summed E-state index contributed by atoms with van der Waals surface area (Å²) in [5.74, 6) is -0.196. The van der Waals surface area contributed by atoms with E-state index in [0.29, 0.717) is 37.5 Å². The molecule has 2 rings (SSSR count). The van der Waals surface area contributed by atoms with E-state index in [4.69, 9.17) is 4.74 Å². The number of benzene rings is 1. The molecule has 0 saturated carbocycles. The van der Waals surface area contributed by atoms with E-state index in [9.17, 15) is 14.4 Å². The smallest absolute Gasteiger partial charge is 0.308 e. The van der Waals surface area contributed by atoms with Gasteiger partial charge in [0.05, 0.1) is 0 Å². The Morgan fingerprint density at radius 3 is 2.36 bits per heavy atom. The van der Waals surface area contributed by atoms with Gasteiger partial charge in [-0.2, -0.15) is 0 Å². The number of rotatable bonds is 3. The molecule has 0 atom stereocenters. The van der Waals surface area contributed by atoms with Crippen molar-refractivity contribution in [2.45, 2.75) is 27.2 Å². The minimum atomic E-state index is -0.423. The van der Waals surface area contributed by atoms with Crippen molar-refractivity contribution in [3.63, 3.8) is 0 Å². The second kappa shape index (κ2) is 8.46. The molecule has 1 heterocycles. The average Bonchev–Trinajstić information content (AvgIpc) is 2.79. The summed E-state index contributed by atoms with van der Waals surface area (Å²) in [6.07, 6.45) is 2.36. The summed E-state index contributed by atoms with van der Waals surface area (Å²) in [5, 5.41) is 0. The third kappa shape index (κ3) is 5.45. The highest BCUT2D eigenvalue weighted by Gasteiger charge is 2.22. The van der Waals surface area contributed by atoms with E-state index < -0.39 is 5.97 Å². The molecule has 1 aliphatic rings. The third-order valence-electron chi connectivity index (χ3n) is 3.85. The van der Waals surface area contributed by atoms with Crippen molar-refractivity contribution in [1.29, 1.82) is 0 Å². The van der Waals surface area contributed by atoms with Crippen LogP contribution in [0.4, 0.5) is 0 Å². The lowest BCUT2D eigenvalue weighted by atomic mass is 10.2. The van der Waals surface area contributed by atoms with E-state index in [-0.39, 0.29) is 11.8 Å². The Labute approximate surface area is 148 Å². The van der Waals surface area contributed by atoms with Gasteiger partial charge in [-0.3, -0.25) is 14.4 Å². The van der Waals surface area contributed by atoms with Gasteiger partial charge in [0.2, 0.25) is 5.91 Å². The van der Waals surface area contributed by atoms with Gasteiger partial charge < -0.3 is 14.5 Å². The van der Waals surface area contributed by atoms with Gasteiger partial charge in [0.15, 0.2) is 0 Å². The Bertz CT molecular complexity index is 692. The fourth-order valence-corrected chi connectivity index (χ4v) is 2.72. The van der Waals surface area contributed by atoms with Crippen LogP contribution in [-0.2, 0) is 9.59 Å². The first-order valence-corrected chi connectivity index (χ1v) is 8.38. The normalized spacial score (nSPS) is 14.5. The lowest BCUT2D eigenvalue weighted by Crippen LogP contribution is -2.36. The van der Waals surface area contributed by atoms with E-state index in [1.807, 2.05) is 13.8 Å². The largest absolute Gasteiger partial charge is 0.427 e. The van der Waals surface area contributed by atoms with E-state index >= 15 is 0 Å². The maximum Gasteiger partial charge on any atom is 0.308 e. The van der Waals surface area contributed by atoms with Crippen molar-refractivity contribution >= 4 is 17.8 Å². The lowest BCUT2D eigenvalue weighted by Gasteiger charge is -2.22. The first kappa shape index (κ1) is 18.7. The van der Waals surface area contributed by atoms with Crippen LogP contribution in [0.1, 0.15) is 37.6 Å². The van der Waals surface area contributed by atoms with Crippen LogP contribution >= 0.6 is 0 Å². The quantitative estimate of drug-likeness (QED) is 0.479. The highest BCUT2D eigenvalue weighted by molar-refractivity contribution is 5.95. The van der Waals surface area contributed by atoms with Crippen LogP contribution < -0.4 is 4.74 Å². The first-order chi connectivity index (χ1) is 11.9. The zero-order valence-corrected chi connectivity index (χ0v) is 14.9. The maximum atomic E-state index is 12.7. The summed E-state index contributed by atoms with van der Waals surface area (Å²) >= 11 is 0. The van der Waals surface area contributed by atoms with Gasteiger partial charge >= 0.3 is 5.97 Å². The SMILES string of the molecule is CC(=O)Oc1cccc(C(=O)N2CCCN(C(=O)C=C(C)C)CC2)c1. The van der Waals surface area contributed by atoms with Gasteiger partial charge in [0.1, 0.15) is 5.75 Å². The molecule has 1 saturated heterocycles. The van der Waals surface area contributed by atoms with Gasteiger partial charge in [-0.15, -0.1) is 0 Å². The van der Waals surface area contributed by atoms with Crippen molar-refractivity contribution in [2.75, 3.05) is 26.2 Å². The Kier molecular flexibility index (Phi) is 6.33. The summed E-state index contributed by atoms with van der Waals surface area (Å²) in [4.78, 5) is 39.4. The average molecular weight is 344 g/mol.